The van der Waals surface area contributed by atoms with Gasteiger partial charge in [0.25, 0.3) is 0 Å². The number of hydrazone groups is 1. The van der Waals surface area contributed by atoms with Crippen molar-refractivity contribution >= 4 is 28.7 Å². The van der Waals surface area contributed by atoms with Gasteiger partial charge in [0, 0.05) is 17.7 Å². The molecule has 4 N–H and O–H groups in total. The zero-order valence-corrected chi connectivity index (χ0v) is 12.2. The van der Waals surface area contributed by atoms with Crippen molar-refractivity contribution < 1.29 is 0 Å². The van der Waals surface area contributed by atoms with Gasteiger partial charge in [0.2, 0.25) is 0 Å². The molecule has 1 atom stereocenters. The highest BCUT2D eigenvalue weighted by Gasteiger charge is 2.23. The Bertz CT molecular complexity index is 682. The summed E-state index contributed by atoms with van der Waals surface area (Å²) in [6, 6.07) is 18.6. The predicted molar refractivity (Wildman–Crippen MR) is 90.3 cm³/mol. The first-order chi connectivity index (χ1) is 10.2. The summed E-state index contributed by atoms with van der Waals surface area (Å²) in [5.41, 5.74) is 12.5. The van der Waals surface area contributed by atoms with E-state index in [9.17, 15) is 0 Å². The molecular weight excluding hydrogens is 280 g/mol. The van der Waals surface area contributed by atoms with Gasteiger partial charge < -0.3 is 11.1 Å². The van der Waals surface area contributed by atoms with Gasteiger partial charge in [0.1, 0.15) is 0 Å². The summed E-state index contributed by atoms with van der Waals surface area (Å²) in [4.78, 5) is 0. The fraction of sp³-hybridized carbons (Fsp3) is 0.125. The van der Waals surface area contributed by atoms with Crippen molar-refractivity contribution in [2.75, 3.05) is 5.32 Å². The number of para-hydroxylation sites is 1. The Balaban J connectivity index is 1.96. The third-order valence-electron chi connectivity index (χ3n) is 3.47. The molecule has 0 amide bonds. The highest BCUT2D eigenvalue weighted by molar-refractivity contribution is 7.80. The minimum absolute atomic E-state index is 0.176. The van der Waals surface area contributed by atoms with Gasteiger partial charge in [-0.25, -0.2) is 0 Å². The van der Waals surface area contributed by atoms with Crippen LogP contribution in [0.5, 0.6) is 0 Å². The molecule has 0 saturated heterocycles. The molecule has 1 unspecified atom stereocenters. The molecule has 1 aliphatic rings. The molecule has 1 heterocycles. The molecule has 0 radical (unpaired) electrons. The standard InChI is InChI=1S/C16H16N4S/c17-16(21)20-19-15-10-14(11-6-2-1-3-7-11)18-13-9-5-4-8-12(13)15/h1-9,14,18H,10H2,(H3,17,20,21)/b19-15-. The number of nitrogens with one attached hydrogen (secondary N) is 2. The summed E-state index contributed by atoms with van der Waals surface area (Å²) in [6.07, 6.45) is 0.774. The molecule has 1 aliphatic heterocycles. The SMILES string of the molecule is NC(=S)N/N=C1/CC(c2ccccc2)Nc2ccccc21. The maximum atomic E-state index is 5.47. The van der Waals surface area contributed by atoms with E-state index in [0.717, 1.165) is 23.4 Å². The summed E-state index contributed by atoms with van der Waals surface area (Å²) >= 11 is 4.83. The van der Waals surface area contributed by atoms with E-state index in [2.05, 4.69) is 34.0 Å². The van der Waals surface area contributed by atoms with E-state index >= 15 is 0 Å². The molecule has 106 valence electrons. The Morgan fingerprint density at radius 3 is 2.62 bits per heavy atom. The largest absolute Gasteiger partial charge is 0.377 e. The zero-order chi connectivity index (χ0) is 14.7. The van der Waals surface area contributed by atoms with Crippen LogP contribution in [0.3, 0.4) is 0 Å². The fourth-order valence-corrected chi connectivity index (χ4v) is 2.56. The summed E-state index contributed by atoms with van der Waals surface area (Å²) in [5.74, 6) is 0. The smallest absolute Gasteiger partial charge is 0.184 e. The first-order valence-electron chi connectivity index (χ1n) is 6.77. The monoisotopic (exact) mass is 296 g/mol. The molecule has 21 heavy (non-hydrogen) atoms. The number of benzene rings is 2. The number of thiocarbonyl (C=S) groups is 1. The number of anilines is 1. The van der Waals surface area contributed by atoms with Crippen LogP contribution in [0.15, 0.2) is 59.7 Å². The Kier molecular flexibility index (Phi) is 3.83. The second-order valence-corrected chi connectivity index (χ2v) is 5.33. The Labute approximate surface area is 129 Å². The van der Waals surface area contributed by atoms with E-state index in [-0.39, 0.29) is 11.2 Å². The molecule has 2 aromatic rings. The van der Waals surface area contributed by atoms with Gasteiger partial charge >= 0.3 is 0 Å². The van der Waals surface area contributed by atoms with Crippen LogP contribution in [0.4, 0.5) is 5.69 Å². The third kappa shape index (κ3) is 3.03. The summed E-state index contributed by atoms with van der Waals surface area (Å²) < 4.78 is 0. The van der Waals surface area contributed by atoms with Crippen LogP contribution in [-0.2, 0) is 0 Å². The van der Waals surface area contributed by atoms with Gasteiger partial charge in [-0.15, -0.1) is 0 Å². The van der Waals surface area contributed by atoms with Gasteiger partial charge in [-0.05, 0) is 23.8 Å². The van der Waals surface area contributed by atoms with Crippen molar-refractivity contribution in [3.63, 3.8) is 0 Å². The van der Waals surface area contributed by atoms with E-state index in [1.165, 1.54) is 5.56 Å². The minimum Gasteiger partial charge on any atom is -0.377 e. The van der Waals surface area contributed by atoms with Gasteiger partial charge in [0.05, 0.1) is 11.8 Å². The number of hydrogen-bond donors (Lipinski definition) is 3. The second-order valence-electron chi connectivity index (χ2n) is 4.89. The van der Waals surface area contributed by atoms with E-state index in [0.29, 0.717) is 0 Å². The quantitative estimate of drug-likeness (QED) is 0.589. The van der Waals surface area contributed by atoms with E-state index in [1.54, 1.807) is 0 Å². The van der Waals surface area contributed by atoms with Crippen LogP contribution in [0.1, 0.15) is 23.6 Å². The van der Waals surface area contributed by atoms with Gasteiger partial charge in [-0.1, -0.05) is 48.5 Å². The van der Waals surface area contributed by atoms with Crippen molar-refractivity contribution in [2.24, 2.45) is 10.8 Å². The number of fused-ring (bicyclic) bond motifs is 1. The molecule has 0 spiro atoms. The van der Waals surface area contributed by atoms with Crippen LogP contribution in [0.25, 0.3) is 0 Å². The van der Waals surface area contributed by atoms with E-state index < -0.39 is 0 Å². The molecule has 4 nitrogen and oxygen atoms in total. The van der Waals surface area contributed by atoms with Crippen molar-refractivity contribution in [2.45, 2.75) is 12.5 Å². The summed E-state index contributed by atoms with van der Waals surface area (Å²) in [6.45, 7) is 0. The van der Waals surface area contributed by atoms with E-state index in [1.807, 2.05) is 36.4 Å². The highest BCUT2D eigenvalue weighted by atomic mass is 32.1. The van der Waals surface area contributed by atoms with Crippen LogP contribution in [-0.4, -0.2) is 10.8 Å². The predicted octanol–water partition coefficient (Wildman–Crippen LogP) is 2.78. The van der Waals surface area contributed by atoms with Crippen LogP contribution >= 0.6 is 12.2 Å². The maximum absolute atomic E-state index is 5.47. The Hall–Kier alpha value is -2.40. The number of nitrogens with two attached hydrogens (primary N) is 1. The Morgan fingerprint density at radius 1 is 1.14 bits per heavy atom. The highest BCUT2D eigenvalue weighted by Crippen LogP contribution is 2.32. The third-order valence-corrected chi connectivity index (χ3v) is 3.56. The lowest BCUT2D eigenvalue weighted by Crippen LogP contribution is -2.29. The molecule has 0 saturated carbocycles. The molecular formula is C16H16N4S. The van der Waals surface area contributed by atoms with Gasteiger partial charge in [0.15, 0.2) is 5.11 Å². The van der Waals surface area contributed by atoms with E-state index in [4.69, 9.17) is 18.0 Å². The van der Waals surface area contributed by atoms with Crippen molar-refractivity contribution in [1.29, 1.82) is 0 Å². The van der Waals surface area contributed by atoms with Crippen molar-refractivity contribution in [3.05, 3.63) is 65.7 Å². The maximum Gasteiger partial charge on any atom is 0.184 e. The number of rotatable bonds is 2. The van der Waals surface area contributed by atoms with Crippen LogP contribution in [0.2, 0.25) is 0 Å². The molecule has 5 heteroatoms. The Morgan fingerprint density at radius 2 is 1.86 bits per heavy atom. The van der Waals surface area contributed by atoms with Crippen LogP contribution in [0, 0.1) is 0 Å². The lowest BCUT2D eigenvalue weighted by Gasteiger charge is -2.28. The molecule has 3 rings (SSSR count). The average molecular weight is 296 g/mol. The number of hydrogen-bond acceptors (Lipinski definition) is 3. The lowest BCUT2D eigenvalue weighted by molar-refractivity contribution is 0.800. The molecule has 0 bridgehead atoms. The number of nitrogens with zero attached hydrogens (tertiary/aromatic N) is 1. The molecule has 0 aromatic heterocycles. The zero-order valence-electron chi connectivity index (χ0n) is 11.4. The summed E-state index contributed by atoms with van der Waals surface area (Å²) in [5, 5.41) is 8.09. The topological polar surface area (TPSA) is 62.4 Å². The first kappa shape index (κ1) is 13.6. The normalized spacial score (nSPS) is 18.7. The average Bonchev–Trinajstić information content (AvgIpc) is 2.53. The molecule has 2 aromatic carbocycles. The van der Waals surface area contributed by atoms with Crippen molar-refractivity contribution in [3.8, 4) is 0 Å². The second kappa shape index (κ2) is 5.93. The minimum atomic E-state index is 0.176. The van der Waals surface area contributed by atoms with Crippen molar-refractivity contribution in [1.82, 2.24) is 5.43 Å². The molecule has 0 fully saturated rings. The van der Waals surface area contributed by atoms with Gasteiger partial charge in [-0.2, -0.15) is 5.10 Å². The lowest BCUT2D eigenvalue weighted by atomic mass is 9.92. The first-order valence-corrected chi connectivity index (χ1v) is 7.18. The van der Waals surface area contributed by atoms with Crippen LogP contribution < -0.4 is 16.5 Å². The van der Waals surface area contributed by atoms with Gasteiger partial charge in [-0.3, -0.25) is 5.43 Å². The molecule has 0 aliphatic carbocycles. The summed E-state index contributed by atoms with van der Waals surface area (Å²) in [7, 11) is 0. The fourth-order valence-electron chi connectivity index (χ4n) is 2.52.